The van der Waals surface area contributed by atoms with Crippen molar-refractivity contribution in [2.75, 3.05) is 11.9 Å². The van der Waals surface area contributed by atoms with E-state index in [1.54, 1.807) is 6.92 Å². The number of anilines is 1. The summed E-state index contributed by atoms with van der Waals surface area (Å²) in [6.07, 6.45) is 0.251. The molecule has 0 saturated carbocycles. The number of rotatable bonds is 3. The van der Waals surface area contributed by atoms with Gasteiger partial charge in [-0.15, -0.1) is 12.4 Å². The lowest BCUT2D eigenvalue weighted by Gasteiger charge is -1.95. The monoisotopic (exact) mass is 206 g/mol. The van der Waals surface area contributed by atoms with Crippen LogP contribution in [0.4, 0.5) is 6.01 Å². The number of aromatic nitrogens is 2. The second-order valence-corrected chi connectivity index (χ2v) is 2.23. The van der Waals surface area contributed by atoms with Crippen LogP contribution in [0.2, 0.25) is 0 Å². The van der Waals surface area contributed by atoms with Crippen LogP contribution in [-0.2, 0) is 4.79 Å². The highest BCUT2D eigenvalue weighted by atomic mass is 35.5. The average Bonchev–Trinajstić information content (AvgIpc) is 2.36. The quantitative estimate of drug-likeness (QED) is 0.731. The molecule has 0 radical (unpaired) electrons. The molecule has 0 fully saturated rings. The van der Waals surface area contributed by atoms with E-state index in [0.29, 0.717) is 12.4 Å². The highest BCUT2D eigenvalue weighted by Crippen LogP contribution is 2.01. The first-order valence-corrected chi connectivity index (χ1v) is 3.52. The maximum absolute atomic E-state index is 10.9. The predicted molar refractivity (Wildman–Crippen MR) is 48.6 cm³/mol. The van der Waals surface area contributed by atoms with Gasteiger partial charge in [0.2, 0.25) is 5.91 Å². The Hall–Kier alpha value is -1.14. The van der Waals surface area contributed by atoms with Gasteiger partial charge in [0, 0.05) is 13.0 Å². The Bertz CT molecular complexity index is 275. The van der Waals surface area contributed by atoms with Crippen molar-refractivity contribution >= 4 is 24.3 Å². The lowest BCUT2D eigenvalue weighted by atomic mass is 10.4. The van der Waals surface area contributed by atoms with E-state index in [4.69, 9.17) is 5.73 Å². The Morgan fingerprint density at radius 1 is 1.69 bits per heavy atom. The minimum absolute atomic E-state index is 0. The zero-order valence-electron chi connectivity index (χ0n) is 7.11. The molecule has 13 heavy (non-hydrogen) atoms. The lowest BCUT2D eigenvalue weighted by Crippen LogP contribution is -2.16. The Balaban J connectivity index is 0.00000144. The fourth-order valence-corrected chi connectivity index (χ4v) is 0.661. The number of nitrogens with zero attached hydrogens (tertiary/aromatic N) is 2. The first kappa shape index (κ1) is 11.9. The maximum atomic E-state index is 10.9. The smallest absolute Gasteiger partial charge is 0.328 e. The summed E-state index contributed by atoms with van der Waals surface area (Å²) in [5, 5.41) is 5.90. The SMILES string of the molecule is Cc1noc(NC(=O)CCN)n1.Cl. The van der Waals surface area contributed by atoms with Crippen molar-refractivity contribution in [2.45, 2.75) is 13.3 Å². The molecule has 1 rings (SSSR count). The summed E-state index contributed by atoms with van der Waals surface area (Å²) in [5.41, 5.74) is 5.16. The summed E-state index contributed by atoms with van der Waals surface area (Å²) in [4.78, 5) is 14.7. The lowest BCUT2D eigenvalue weighted by molar-refractivity contribution is -0.116. The van der Waals surface area contributed by atoms with E-state index in [2.05, 4.69) is 20.0 Å². The summed E-state index contributed by atoms with van der Waals surface area (Å²) in [6, 6.07) is 0.117. The van der Waals surface area contributed by atoms with Crippen LogP contribution in [0.15, 0.2) is 4.52 Å². The Morgan fingerprint density at radius 2 is 2.38 bits per heavy atom. The van der Waals surface area contributed by atoms with Crippen molar-refractivity contribution in [3.63, 3.8) is 0 Å². The fourth-order valence-electron chi connectivity index (χ4n) is 0.661. The van der Waals surface area contributed by atoms with Gasteiger partial charge in [-0.1, -0.05) is 5.16 Å². The first-order chi connectivity index (χ1) is 5.72. The van der Waals surface area contributed by atoms with Gasteiger partial charge >= 0.3 is 6.01 Å². The fraction of sp³-hybridized carbons (Fsp3) is 0.500. The normalized spacial score (nSPS) is 9.08. The third kappa shape index (κ3) is 3.86. The molecule has 1 heterocycles. The van der Waals surface area contributed by atoms with Gasteiger partial charge in [0.05, 0.1) is 0 Å². The zero-order valence-corrected chi connectivity index (χ0v) is 7.93. The van der Waals surface area contributed by atoms with E-state index in [1.807, 2.05) is 0 Å². The van der Waals surface area contributed by atoms with Crippen LogP contribution < -0.4 is 11.1 Å². The van der Waals surface area contributed by atoms with Crippen molar-refractivity contribution in [1.29, 1.82) is 0 Å². The number of carbonyl (C=O) groups is 1. The molecule has 0 aliphatic heterocycles. The van der Waals surface area contributed by atoms with Crippen LogP contribution in [0.1, 0.15) is 12.2 Å². The van der Waals surface area contributed by atoms with E-state index in [1.165, 1.54) is 0 Å². The summed E-state index contributed by atoms with van der Waals surface area (Å²) < 4.78 is 4.65. The number of aryl methyl sites for hydroxylation is 1. The minimum atomic E-state index is -0.221. The number of halogens is 1. The molecule has 3 N–H and O–H groups in total. The number of amides is 1. The standard InChI is InChI=1S/C6H10N4O2.ClH/c1-4-8-6(12-10-4)9-5(11)2-3-7;/h2-3,7H2,1H3,(H,8,9,10,11);1H. The third-order valence-corrected chi connectivity index (χ3v) is 1.15. The van der Waals surface area contributed by atoms with Gasteiger partial charge in [0.1, 0.15) is 0 Å². The van der Waals surface area contributed by atoms with Gasteiger partial charge in [-0.05, 0) is 6.92 Å². The topological polar surface area (TPSA) is 94.0 Å². The first-order valence-electron chi connectivity index (χ1n) is 3.52. The van der Waals surface area contributed by atoms with Crippen LogP contribution in [-0.4, -0.2) is 22.6 Å². The summed E-state index contributed by atoms with van der Waals surface area (Å²) in [6.45, 7) is 1.97. The molecule has 6 nitrogen and oxygen atoms in total. The maximum Gasteiger partial charge on any atom is 0.328 e. The van der Waals surface area contributed by atoms with Crippen LogP contribution in [0.5, 0.6) is 0 Å². The van der Waals surface area contributed by atoms with Crippen molar-refractivity contribution in [3.8, 4) is 0 Å². The van der Waals surface area contributed by atoms with E-state index in [9.17, 15) is 4.79 Å². The molecule has 0 bridgehead atoms. The molecule has 0 spiro atoms. The summed E-state index contributed by atoms with van der Waals surface area (Å²) in [5.74, 6) is 0.263. The molecular weight excluding hydrogens is 196 g/mol. The Labute approximate surface area is 81.3 Å². The van der Waals surface area contributed by atoms with Gasteiger partial charge in [-0.2, -0.15) is 4.98 Å². The van der Waals surface area contributed by atoms with E-state index >= 15 is 0 Å². The van der Waals surface area contributed by atoms with Crippen LogP contribution in [0.3, 0.4) is 0 Å². The average molecular weight is 207 g/mol. The highest BCUT2D eigenvalue weighted by molar-refractivity contribution is 5.88. The van der Waals surface area contributed by atoms with Gasteiger partial charge in [-0.25, -0.2) is 0 Å². The molecule has 1 amide bonds. The molecule has 0 aliphatic rings. The number of hydrogen-bond donors (Lipinski definition) is 2. The minimum Gasteiger partial charge on any atom is -0.330 e. The van der Waals surface area contributed by atoms with Gasteiger partial charge in [-0.3, -0.25) is 10.1 Å². The third-order valence-electron chi connectivity index (χ3n) is 1.15. The largest absolute Gasteiger partial charge is 0.330 e. The van der Waals surface area contributed by atoms with Gasteiger partial charge in [0.25, 0.3) is 0 Å². The molecule has 0 aromatic carbocycles. The highest BCUT2D eigenvalue weighted by Gasteiger charge is 2.05. The van der Waals surface area contributed by atoms with Crippen molar-refractivity contribution in [2.24, 2.45) is 5.73 Å². The zero-order chi connectivity index (χ0) is 8.97. The number of carbonyl (C=O) groups excluding carboxylic acids is 1. The van der Waals surface area contributed by atoms with Gasteiger partial charge in [0.15, 0.2) is 5.82 Å². The van der Waals surface area contributed by atoms with E-state index < -0.39 is 0 Å². The predicted octanol–water partition coefficient (Wildman–Crippen LogP) is 0.0871. The van der Waals surface area contributed by atoms with Crippen molar-refractivity contribution in [1.82, 2.24) is 10.1 Å². The molecule has 1 aromatic heterocycles. The molecule has 1 aromatic rings. The van der Waals surface area contributed by atoms with Crippen LogP contribution >= 0.6 is 12.4 Å². The second-order valence-electron chi connectivity index (χ2n) is 2.23. The van der Waals surface area contributed by atoms with E-state index in [-0.39, 0.29) is 30.7 Å². The van der Waals surface area contributed by atoms with E-state index in [0.717, 1.165) is 0 Å². The van der Waals surface area contributed by atoms with Crippen LogP contribution in [0, 0.1) is 6.92 Å². The Kier molecular flexibility index (Phi) is 5.01. The second kappa shape index (κ2) is 5.50. The number of hydrogen-bond acceptors (Lipinski definition) is 5. The number of nitrogens with one attached hydrogen (secondary N) is 1. The molecule has 0 unspecified atom stereocenters. The van der Waals surface area contributed by atoms with Crippen molar-refractivity contribution < 1.29 is 9.32 Å². The molecule has 0 saturated heterocycles. The molecular formula is C6H11ClN4O2. The van der Waals surface area contributed by atoms with Crippen molar-refractivity contribution in [3.05, 3.63) is 5.82 Å². The number of nitrogens with two attached hydrogens (primary N) is 1. The summed E-state index contributed by atoms with van der Waals surface area (Å²) >= 11 is 0. The molecule has 74 valence electrons. The molecule has 7 heteroatoms. The molecule has 0 aliphatic carbocycles. The molecule has 0 atom stereocenters. The Morgan fingerprint density at radius 3 is 2.85 bits per heavy atom. The van der Waals surface area contributed by atoms with Crippen LogP contribution in [0.25, 0.3) is 0 Å². The van der Waals surface area contributed by atoms with Gasteiger partial charge < -0.3 is 10.3 Å². The summed E-state index contributed by atoms with van der Waals surface area (Å²) in [7, 11) is 0.